The van der Waals surface area contributed by atoms with Crippen LogP contribution in [0.2, 0.25) is 0 Å². The van der Waals surface area contributed by atoms with Crippen LogP contribution in [0.1, 0.15) is 85.7 Å². The molecule has 0 saturated heterocycles. The minimum atomic E-state index is -0.872. The monoisotopic (exact) mass is 545 g/mol. The highest BCUT2D eigenvalue weighted by Gasteiger charge is 2.19. The number of aliphatic carboxylic acids is 1. The van der Waals surface area contributed by atoms with Gasteiger partial charge in [0, 0.05) is 12.1 Å². The molecule has 6 nitrogen and oxygen atoms in total. The Morgan fingerprint density at radius 1 is 0.850 bits per heavy atom. The van der Waals surface area contributed by atoms with Crippen molar-refractivity contribution in [3.8, 4) is 11.5 Å². The highest BCUT2D eigenvalue weighted by atomic mass is 16.5. The van der Waals surface area contributed by atoms with Crippen LogP contribution in [0, 0.1) is 25.7 Å². The maximum absolute atomic E-state index is 13.2. The lowest BCUT2D eigenvalue weighted by Crippen LogP contribution is -2.16. The summed E-state index contributed by atoms with van der Waals surface area (Å²) in [4.78, 5) is 24.0. The summed E-state index contributed by atoms with van der Waals surface area (Å²) in [5.74, 6) is 1.15. The van der Waals surface area contributed by atoms with Gasteiger partial charge in [0.2, 0.25) is 0 Å². The first kappa shape index (κ1) is 30.7. The van der Waals surface area contributed by atoms with Crippen LogP contribution in [-0.4, -0.2) is 23.6 Å². The topological polar surface area (TPSA) is 84.9 Å². The fraction of sp³-hybridized carbons (Fsp3) is 0.412. The molecule has 3 aromatic carbocycles. The van der Waals surface area contributed by atoms with E-state index in [0.29, 0.717) is 35.3 Å². The van der Waals surface area contributed by atoms with E-state index in [1.165, 1.54) is 5.56 Å². The predicted molar refractivity (Wildman–Crippen MR) is 160 cm³/mol. The number of hydrogen-bond donors (Lipinski definition) is 2. The van der Waals surface area contributed by atoms with E-state index in [1.807, 2.05) is 26.0 Å². The first-order chi connectivity index (χ1) is 19.0. The highest BCUT2D eigenvalue weighted by Crippen LogP contribution is 2.34. The number of hydrogen-bond acceptors (Lipinski definition) is 4. The third kappa shape index (κ3) is 8.87. The second-order valence-corrected chi connectivity index (χ2v) is 11.2. The Bertz CT molecular complexity index is 1280. The molecule has 0 saturated carbocycles. The van der Waals surface area contributed by atoms with Gasteiger partial charge in [-0.05, 0) is 91.5 Å². The molecule has 0 radical (unpaired) electrons. The number of rotatable bonds is 14. The first-order valence-corrected chi connectivity index (χ1v) is 14.2. The number of carbonyl (C=O) groups is 2. The second kappa shape index (κ2) is 14.5. The maximum atomic E-state index is 13.2. The van der Waals surface area contributed by atoms with Crippen LogP contribution >= 0.6 is 0 Å². The van der Waals surface area contributed by atoms with Crippen molar-refractivity contribution in [1.29, 1.82) is 0 Å². The van der Waals surface area contributed by atoms with Crippen molar-refractivity contribution in [2.45, 2.75) is 73.3 Å². The molecule has 0 fully saturated rings. The molecule has 1 unspecified atom stereocenters. The lowest BCUT2D eigenvalue weighted by molar-refractivity contribution is -0.137. The number of carboxylic acid groups (broad SMARTS) is 1. The molecule has 2 N–H and O–H groups in total. The SMILES string of the molecule is Cc1c(NC(=O)c2ccccc2OCCCC(=O)O)ccc(OC(CC(C)C)c2ccc(CC(C)C)cc2)c1C. The van der Waals surface area contributed by atoms with Crippen LogP contribution in [-0.2, 0) is 11.2 Å². The standard InChI is InChI=1S/C34H43NO5/c1-22(2)20-26-13-15-27(16-14-26)32(21-23(3)4)40-30-18-17-29(24(5)25(30)6)35-34(38)28-10-7-8-11-31(28)39-19-9-12-33(36)37/h7-8,10-11,13-18,22-23,32H,9,12,19-21H2,1-6H3,(H,35,38)(H,36,37). The third-order valence-electron chi connectivity index (χ3n) is 6.86. The Labute approximate surface area is 238 Å². The van der Waals surface area contributed by atoms with E-state index in [0.717, 1.165) is 35.3 Å². The van der Waals surface area contributed by atoms with E-state index in [1.54, 1.807) is 24.3 Å². The molecule has 0 aliphatic carbocycles. The molecule has 0 bridgehead atoms. The number of carboxylic acids is 1. The van der Waals surface area contributed by atoms with Gasteiger partial charge >= 0.3 is 5.97 Å². The van der Waals surface area contributed by atoms with Crippen molar-refractivity contribution in [3.05, 3.63) is 88.5 Å². The zero-order chi connectivity index (χ0) is 29.2. The molecule has 3 rings (SSSR count). The van der Waals surface area contributed by atoms with Gasteiger partial charge in [-0.3, -0.25) is 9.59 Å². The van der Waals surface area contributed by atoms with Crippen molar-refractivity contribution in [1.82, 2.24) is 0 Å². The highest BCUT2D eigenvalue weighted by molar-refractivity contribution is 6.06. The number of benzene rings is 3. The van der Waals surface area contributed by atoms with Crippen LogP contribution in [0.5, 0.6) is 11.5 Å². The Kier molecular flexibility index (Phi) is 11.2. The quantitative estimate of drug-likeness (QED) is 0.200. The van der Waals surface area contributed by atoms with E-state index < -0.39 is 5.97 Å². The summed E-state index contributed by atoms with van der Waals surface area (Å²) in [5, 5.41) is 11.9. The average molecular weight is 546 g/mol. The molecular weight excluding hydrogens is 502 g/mol. The number of ether oxygens (including phenoxy) is 2. The fourth-order valence-electron chi connectivity index (χ4n) is 4.61. The van der Waals surface area contributed by atoms with Crippen molar-refractivity contribution < 1.29 is 24.2 Å². The van der Waals surface area contributed by atoms with Crippen molar-refractivity contribution in [3.63, 3.8) is 0 Å². The molecule has 0 aliphatic rings. The van der Waals surface area contributed by atoms with Gasteiger partial charge < -0.3 is 19.9 Å². The molecule has 214 valence electrons. The summed E-state index contributed by atoms with van der Waals surface area (Å²) in [6.45, 7) is 13.1. The molecule has 0 aromatic heterocycles. The van der Waals surface area contributed by atoms with E-state index in [-0.39, 0.29) is 25.0 Å². The van der Waals surface area contributed by atoms with Gasteiger partial charge in [0.15, 0.2) is 0 Å². The Hall–Kier alpha value is -3.80. The maximum Gasteiger partial charge on any atom is 0.303 e. The minimum absolute atomic E-state index is 0.0166. The van der Waals surface area contributed by atoms with Crippen molar-refractivity contribution in [2.24, 2.45) is 11.8 Å². The molecule has 0 aliphatic heterocycles. The Balaban J connectivity index is 1.75. The molecular formula is C34H43NO5. The summed E-state index contributed by atoms with van der Waals surface area (Å²) in [5.41, 5.74) is 5.50. The van der Waals surface area contributed by atoms with E-state index >= 15 is 0 Å². The van der Waals surface area contributed by atoms with Gasteiger partial charge in [-0.2, -0.15) is 0 Å². The van der Waals surface area contributed by atoms with E-state index in [9.17, 15) is 9.59 Å². The Morgan fingerprint density at radius 2 is 1.55 bits per heavy atom. The van der Waals surface area contributed by atoms with Gasteiger partial charge in [-0.25, -0.2) is 0 Å². The third-order valence-corrected chi connectivity index (χ3v) is 6.86. The lowest BCUT2D eigenvalue weighted by Gasteiger charge is -2.24. The normalized spacial score (nSPS) is 11.9. The van der Waals surface area contributed by atoms with Gasteiger partial charge in [0.05, 0.1) is 12.2 Å². The van der Waals surface area contributed by atoms with Gasteiger partial charge in [-0.15, -0.1) is 0 Å². The van der Waals surface area contributed by atoms with Crippen LogP contribution in [0.25, 0.3) is 0 Å². The number of anilines is 1. The van der Waals surface area contributed by atoms with Gasteiger partial charge in [0.25, 0.3) is 5.91 Å². The smallest absolute Gasteiger partial charge is 0.303 e. The second-order valence-electron chi connectivity index (χ2n) is 11.2. The summed E-state index contributed by atoms with van der Waals surface area (Å²) in [6, 6.07) is 19.6. The molecule has 40 heavy (non-hydrogen) atoms. The zero-order valence-corrected chi connectivity index (χ0v) is 24.6. The predicted octanol–water partition coefficient (Wildman–Crippen LogP) is 8.16. The molecule has 1 amide bonds. The largest absolute Gasteiger partial charge is 0.493 e. The van der Waals surface area contributed by atoms with E-state index in [2.05, 4.69) is 57.3 Å². The average Bonchev–Trinajstić information content (AvgIpc) is 2.90. The summed E-state index contributed by atoms with van der Waals surface area (Å²) in [7, 11) is 0. The van der Waals surface area contributed by atoms with Crippen molar-refractivity contribution >= 4 is 17.6 Å². The molecule has 3 aromatic rings. The molecule has 6 heteroatoms. The van der Waals surface area contributed by atoms with E-state index in [4.69, 9.17) is 14.6 Å². The van der Waals surface area contributed by atoms with Crippen LogP contribution in [0.15, 0.2) is 60.7 Å². The summed E-state index contributed by atoms with van der Waals surface area (Å²) in [6.07, 6.45) is 2.26. The number of nitrogens with one attached hydrogen (secondary N) is 1. The first-order valence-electron chi connectivity index (χ1n) is 14.2. The Morgan fingerprint density at radius 3 is 2.20 bits per heavy atom. The van der Waals surface area contributed by atoms with Crippen molar-refractivity contribution in [2.75, 3.05) is 11.9 Å². The van der Waals surface area contributed by atoms with Crippen LogP contribution in [0.4, 0.5) is 5.69 Å². The minimum Gasteiger partial charge on any atom is -0.493 e. The summed E-state index contributed by atoms with van der Waals surface area (Å²) >= 11 is 0. The van der Waals surface area contributed by atoms with Gasteiger partial charge in [0.1, 0.15) is 17.6 Å². The van der Waals surface area contributed by atoms with Gasteiger partial charge in [-0.1, -0.05) is 64.1 Å². The zero-order valence-electron chi connectivity index (χ0n) is 24.6. The number of amides is 1. The molecule has 0 spiro atoms. The number of carbonyl (C=O) groups excluding carboxylic acids is 1. The fourth-order valence-corrected chi connectivity index (χ4v) is 4.61. The number of para-hydroxylation sites is 1. The van der Waals surface area contributed by atoms with Crippen LogP contribution < -0.4 is 14.8 Å². The molecule has 0 heterocycles. The summed E-state index contributed by atoms with van der Waals surface area (Å²) < 4.78 is 12.3. The van der Waals surface area contributed by atoms with Crippen LogP contribution in [0.3, 0.4) is 0 Å². The molecule has 1 atom stereocenters. The lowest BCUT2D eigenvalue weighted by atomic mass is 9.96.